The minimum atomic E-state index is -0.113. The van der Waals surface area contributed by atoms with Crippen molar-refractivity contribution in [3.63, 3.8) is 0 Å². The molecule has 1 amide bonds. The van der Waals surface area contributed by atoms with E-state index in [-0.39, 0.29) is 5.91 Å². The van der Waals surface area contributed by atoms with Crippen LogP contribution in [0.25, 0.3) is 5.65 Å². The Labute approximate surface area is 167 Å². The van der Waals surface area contributed by atoms with E-state index < -0.39 is 0 Å². The molecule has 0 saturated heterocycles. The van der Waals surface area contributed by atoms with Crippen LogP contribution in [0.1, 0.15) is 13.3 Å². The summed E-state index contributed by atoms with van der Waals surface area (Å²) < 4.78 is 18.5. The predicted molar refractivity (Wildman–Crippen MR) is 109 cm³/mol. The lowest BCUT2D eigenvalue weighted by molar-refractivity contribution is -0.115. The smallest absolute Gasteiger partial charge is 0.224 e. The largest absolute Gasteiger partial charge is 0.497 e. The van der Waals surface area contributed by atoms with Crippen LogP contribution in [0.15, 0.2) is 24.4 Å². The minimum absolute atomic E-state index is 0.113. The predicted octanol–water partition coefficient (Wildman–Crippen LogP) is 2.64. The minimum Gasteiger partial charge on any atom is -0.497 e. The molecular formula is C19H22N6O4. The first kappa shape index (κ1) is 18.7. The summed E-state index contributed by atoms with van der Waals surface area (Å²) in [5.41, 5.74) is 1.70. The molecule has 3 N–H and O–H groups in total. The van der Waals surface area contributed by atoms with Gasteiger partial charge < -0.3 is 30.2 Å². The highest BCUT2D eigenvalue weighted by Crippen LogP contribution is 2.42. The third-order valence-electron chi connectivity index (χ3n) is 4.44. The fourth-order valence-corrected chi connectivity index (χ4v) is 3.01. The van der Waals surface area contributed by atoms with E-state index in [2.05, 4.69) is 26.0 Å². The van der Waals surface area contributed by atoms with Crippen molar-refractivity contribution in [2.45, 2.75) is 13.3 Å². The Balaban J connectivity index is 1.76. The Bertz CT molecular complexity index is 1060. The number of rotatable bonds is 6. The number of fused-ring (bicyclic) bond motifs is 2. The molecule has 152 valence electrons. The van der Waals surface area contributed by atoms with E-state index in [1.807, 2.05) is 6.07 Å². The van der Waals surface area contributed by atoms with Gasteiger partial charge in [-0.05, 0) is 0 Å². The molecule has 4 rings (SSSR count). The van der Waals surface area contributed by atoms with Crippen LogP contribution in [-0.2, 0) is 4.79 Å². The van der Waals surface area contributed by atoms with E-state index in [0.717, 1.165) is 0 Å². The normalized spacial score (nSPS) is 12.5. The van der Waals surface area contributed by atoms with Gasteiger partial charge in [0.15, 0.2) is 17.1 Å². The zero-order valence-electron chi connectivity index (χ0n) is 16.4. The number of nitrogens with zero attached hydrogens (tertiary/aromatic N) is 3. The number of carbonyl (C=O) groups is 1. The zero-order chi connectivity index (χ0) is 20.4. The monoisotopic (exact) mass is 398 g/mol. The van der Waals surface area contributed by atoms with Crippen molar-refractivity contribution in [3.05, 3.63) is 24.4 Å². The maximum absolute atomic E-state index is 11.8. The SMILES string of the molecule is CCC(=O)Nc1cnn2c(NC)cc(Nc3cc(OC)cc4c3OCCO4)nc12. The molecule has 29 heavy (non-hydrogen) atoms. The molecule has 0 spiro atoms. The van der Waals surface area contributed by atoms with Crippen LogP contribution in [0.3, 0.4) is 0 Å². The standard InChI is InChI=1S/C19H22N6O4/c1-4-17(26)23-13-10-21-25-16(20-2)9-15(24-19(13)25)22-12-7-11(27-3)8-14-18(12)29-6-5-28-14/h7-10,20H,4-6H2,1-3H3,(H,22,24)(H,23,26). The maximum Gasteiger partial charge on any atom is 0.224 e. The first-order chi connectivity index (χ1) is 14.1. The number of aromatic nitrogens is 3. The average molecular weight is 398 g/mol. The molecule has 1 aromatic carbocycles. The van der Waals surface area contributed by atoms with Gasteiger partial charge in [-0.3, -0.25) is 4.79 Å². The summed E-state index contributed by atoms with van der Waals surface area (Å²) in [4.78, 5) is 16.5. The molecule has 1 aliphatic heterocycles. The van der Waals surface area contributed by atoms with Crippen molar-refractivity contribution in [1.82, 2.24) is 14.6 Å². The van der Waals surface area contributed by atoms with Gasteiger partial charge in [-0.1, -0.05) is 6.92 Å². The molecule has 10 heteroatoms. The zero-order valence-corrected chi connectivity index (χ0v) is 16.4. The lowest BCUT2D eigenvalue weighted by Crippen LogP contribution is -2.16. The van der Waals surface area contributed by atoms with Crippen molar-refractivity contribution in [1.29, 1.82) is 0 Å². The second-order valence-electron chi connectivity index (χ2n) is 6.30. The van der Waals surface area contributed by atoms with Crippen LogP contribution in [0, 0.1) is 0 Å². The molecule has 3 heterocycles. The highest BCUT2D eigenvalue weighted by atomic mass is 16.6. The van der Waals surface area contributed by atoms with E-state index in [1.54, 1.807) is 43.9 Å². The van der Waals surface area contributed by atoms with Gasteiger partial charge >= 0.3 is 0 Å². The average Bonchev–Trinajstić information content (AvgIpc) is 3.15. The summed E-state index contributed by atoms with van der Waals surface area (Å²) in [6, 6.07) is 5.40. The molecular weight excluding hydrogens is 376 g/mol. The van der Waals surface area contributed by atoms with Crippen LogP contribution >= 0.6 is 0 Å². The topological polar surface area (TPSA) is 111 Å². The number of methoxy groups -OCH3 is 1. The quantitative estimate of drug-likeness (QED) is 0.581. The fraction of sp³-hybridized carbons (Fsp3) is 0.316. The van der Waals surface area contributed by atoms with E-state index in [0.29, 0.717) is 65.5 Å². The Morgan fingerprint density at radius 2 is 2.07 bits per heavy atom. The van der Waals surface area contributed by atoms with Gasteiger partial charge in [0.2, 0.25) is 5.91 Å². The van der Waals surface area contributed by atoms with Gasteiger partial charge in [0.1, 0.15) is 36.3 Å². The van der Waals surface area contributed by atoms with Gasteiger partial charge in [-0.15, -0.1) is 0 Å². The molecule has 10 nitrogen and oxygen atoms in total. The maximum atomic E-state index is 11.8. The fourth-order valence-electron chi connectivity index (χ4n) is 3.01. The van der Waals surface area contributed by atoms with Crippen molar-refractivity contribution >= 4 is 34.6 Å². The van der Waals surface area contributed by atoms with Gasteiger partial charge in [0, 0.05) is 31.7 Å². The Morgan fingerprint density at radius 3 is 2.83 bits per heavy atom. The van der Waals surface area contributed by atoms with E-state index in [9.17, 15) is 4.79 Å². The second-order valence-corrected chi connectivity index (χ2v) is 6.30. The van der Waals surface area contributed by atoms with Crippen LogP contribution in [0.5, 0.6) is 17.2 Å². The number of amides is 1. The van der Waals surface area contributed by atoms with E-state index >= 15 is 0 Å². The van der Waals surface area contributed by atoms with Crippen molar-refractivity contribution in [3.8, 4) is 17.2 Å². The molecule has 0 fully saturated rings. The lowest BCUT2D eigenvalue weighted by atomic mass is 10.2. The third-order valence-corrected chi connectivity index (χ3v) is 4.44. The number of carbonyl (C=O) groups excluding carboxylic acids is 1. The summed E-state index contributed by atoms with van der Waals surface area (Å²) in [6.07, 6.45) is 1.94. The van der Waals surface area contributed by atoms with Crippen LogP contribution in [0.4, 0.5) is 23.0 Å². The van der Waals surface area contributed by atoms with Crippen molar-refractivity contribution < 1.29 is 19.0 Å². The summed E-state index contributed by atoms with van der Waals surface area (Å²) in [7, 11) is 3.38. The van der Waals surface area contributed by atoms with Crippen LogP contribution in [0.2, 0.25) is 0 Å². The molecule has 2 aromatic heterocycles. The van der Waals surface area contributed by atoms with Gasteiger partial charge in [-0.25, -0.2) is 4.98 Å². The molecule has 3 aromatic rings. The van der Waals surface area contributed by atoms with Gasteiger partial charge in [0.25, 0.3) is 0 Å². The summed E-state index contributed by atoms with van der Waals surface area (Å²) >= 11 is 0. The number of nitrogens with one attached hydrogen (secondary N) is 3. The van der Waals surface area contributed by atoms with Crippen LogP contribution in [-0.4, -0.2) is 47.9 Å². The molecule has 1 aliphatic rings. The molecule has 0 saturated carbocycles. The Morgan fingerprint density at radius 1 is 1.24 bits per heavy atom. The number of benzene rings is 1. The lowest BCUT2D eigenvalue weighted by Gasteiger charge is -2.22. The van der Waals surface area contributed by atoms with E-state index in [1.165, 1.54) is 0 Å². The second kappa shape index (κ2) is 7.74. The molecule has 0 radical (unpaired) electrons. The number of hydrogen-bond acceptors (Lipinski definition) is 8. The highest BCUT2D eigenvalue weighted by Gasteiger charge is 2.20. The van der Waals surface area contributed by atoms with Crippen LogP contribution < -0.4 is 30.2 Å². The highest BCUT2D eigenvalue weighted by molar-refractivity contribution is 5.94. The molecule has 0 atom stereocenters. The number of hydrogen-bond donors (Lipinski definition) is 3. The summed E-state index contributed by atoms with van der Waals surface area (Å²) in [5, 5.41) is 13.5. The van der Waals surface area contributed by atoms with Crippen molar-refractivity contribution in [2.75, 3.05) is 43.3 Å². The third kappa shape index (κ3) is 3.56. The van der Waals surface area contributed by atoms with Gasteiger partial charge in [-0.2, -0.15) is 9.61 Å². The molecule has 0 bridgehead atoms. The van der Waals surface area contributed by atoms with E-state index in [4.69, 9.17) is 14.2 Å². The van der Waals surface area contributed by atoms with Gasteiger partial charge in [0.05, 0.1) is 19.0 Å². The first-order valence-corrected chi connectivity index (χ1v) is 9.24. The first-order valence-electron chi connectivity index (χ1n) is 9.24. The Hall–Kier alpha value is -3.69. The molecule has 0 unspecified atom stereocenters. The van der Waals surface area contributed by atoms with Crippen molar-refractivity contribution in [2.24, 2.45) is 0 Å². The Kier molecular flexibility index (Phi) is 4.98. The summed E-state index contributed by atoms with van der Waals surface area (Å²) in [5.74, 6) is 2.96. The number of ether oxygens (including phenoxy) is 3. The summed E-state index contributed by atoms with van der Waals surface area (Å²) in [6.45, 7) is 2.72. The number of anilines is 4. The molecule has 0 aliphatic carbocycles.